The summed E-state index contributed by atoms with van der Waals surface area (Å²) in [4.78, 5) is 31.0. The minimum absolute atomic E-state index is 0.193. The van der Waals surface area contributed by atoms with E-state index in [0.29, 0.717) is 37.8 Å². The third kappa shape index (κ3) is 5.87. The van der Waals surface area contributed by atoms with E-state index in [1.807, 2.05) is 12.1 Å². The highest BCUT2D eigenvalue weighted by atomic mass is 35.5. The van der Waals surface area contributed by atoms with Crippen LogP contribution in [-0.2, 0) is 22.4 Å². The Balaban J connectivity index is 1.44. The highest BCUT2D eigenvalue weighted by molar-refractivity contribution is 7.99. The average molecular weight is 526 g/mol. The minimum atomic E-state index is -0.413. The standard InChI is InChI=1S/C26H24ClN3O3S2/c1-15-3-9-19-21(13-15)35-25(23(19)26(32)33-2)30-22(31)11-12-34-24-17(14-28)6-10-20(29-24)16-4-7-18(27)8-5-16/h4-8,10,15H,3,9,11-13H2,1-2H3,(H,30,31). The van der Waals surface area contributed by atoms with E-state index >= 15 is 0 Å². The molecule has 9 heteroatoms. The molecule has 0 bridgehead atoms. The lowest BCUT2D eigenvalue weighted by molar-refractivity contribution is -0.115. The highest BCUT2D eigenvalue weighted by Gasteiger charge is 2.28. The van der Waals surface area contributed by atoms with E-state index in [-0.39, 0.29) is 12.3 Å². The van der Waals surface area contributed by atoms with E-state index in [0.717, 1.165) is 41.0 Å². The van der Waals surface area contributed by atoms with Gasteiger partial charge in [-0.3, -0.25) is 4.79 Å². The topological polar surface area (TPSA) is 92.1 Å². The van der Waals surface area contributed by atoms with Gasteiger partial charge >= 0.3 is 5.97 Å². The van der Waals surface area contributed by atoms with Crippen LogP contribution in [0.4, 0.5) is 5.00 Å². The number of thioether (sulfide) groups is 1. The monoisotopic (exact) mass is 525 g/mol. The zero-order valence-electron chi connectivity index (χ0n) is 19.4. The molecule has 0 radical (unpaired) electrons. The predicted octanol–water partition coefficient (Wildman–Crippen LogP) is 6.37. The molecule has 2 heterocycles. The Morgan fingerprint density at radius 1 is 1.29 bits per heavy atom. The Bertz CT molecular complexity index is 1300. The second-order valence-electron chi connectivity index (χ2n) is 8.36. The number of benzene rings is 1. The fourth-order valence-electron chi connectivity index (χ4n) is 4.00. The van der Waals surface area contributed by atoms with Gasteiger partial charge in [-0.15, -0.1) is 23.1 Å². The molecule has 3 aromatic rings. The van der Waals surface area contributed by atoms with Crippen LogP contribution in [0.5, 0.6) is 0 Å². The van der Waals surface area contributed by atoms with Gasteiger partial charge in [0.2, 0.25) is 5.91 Å². The molecule has 0 saturated heterocycles. The summed E-state index contributed by atoms with van der Waals surface area (Å²) in [6, 6.07) is 13.0. The maximum Gasteiger partial charge on any atom is 0.341 e. The number of ether oxygens (including phenoxy) is 1. The van der Waals surface area contributed by atoms with Crippen LogP contribution in [0.25, 0.3) is 11.3 Å². The molecule has 1 amide bonds. The molecule has 35 heavy (non-hydrogen) atoms. The number of anilines is 1. The van der Waals surface area contributed by atoms with E-state index in [9.17, 15) is 14.9 Å². The van der Waals surface area contributed by atoms with Crippen LogP contribution in [-0.4, -0.2) is 29.7 Å². The molecule has 180 valence electrons. The van der Waals surface area contributed by atoms with Crippen molar-refractivity contribution in [1.82, 2.24) is 4.98 Å². The van der Waals surface area contributed by atoms with Gasteiger partial charge in [-0.1, -0.05) is 30.7 Å². The second kappa shape index (κ2) is 11.3. The number of nitrogens with zero attached hydrogens (tertiary/aromatic N) is 2. The Morgan fingerprint density at radius 2 is 2.06 bits per heavy atom. The molecular weight excluding hydrogens is 502 g/mol. The summed E-state index contributed by atoms with van der Waals surface area (Å²) in [5, 5.41) is 14.2. The molecule has 1 aromatic carbocycles. The number of carbonyl (C=O) groups excluding carboxylic acids is 2. The summed E-state index contributed by atoms with van der Waals surface area (Å²) >= 11 is 8.80. The van der Waals surface area contributed by atoms with Crippen LogP contribution in [0.1, 0.15) is 46.1 Å². The molecule has 0 aliphatic heterocycles. The first-order valence-electron chi connectivity index (χ1n) is 11.2. The number of carbonyl (C=O) groups is 2. The third-order valence-electron chi connectivity index (χ3n) is 5.84. The number of nitriles is 1. The average Bonchev–Trinajstić information content (AvgIpc) is 3.20. The summed E-state index contributed by atoms with van der Waals surface area (Å²) in [7, 11) is 1.36. The highest BCUT2D eigenvalue weighted by Crippen LogP contribution is 2.40. The molecular formula is C26H24ClN3O3S2. The lowest BCUT2D eigenvalue weighted by Crippen LogP contribution is -2.16. The van der Waals surface area contributed by atoms with E-state index < -0.39 is 5.97 Å². The number of aromatic nitrogens is 1. The van der Waals surface area contributed by atoms with Gasteiger partial charge in [0.25, 0.3) is 0 Å². The Hall–Kier alpha value is -2.86. The number of thiophene rings is 1. The lowest BCUT2D eigenvalue weighted by atomic mass is 9.88. The van der Waals surface area contributed by atoms with Gasteiger partial charge < -0.3 is 10.1 Å². The zero-order valence-corrected chi connectivity index (χ0v) is 21.8. The number of amides is 1. The van der Waals surface area contributed by atoms with Gasteiger partial charge in [0.05, 0.1) is 23.9 Å². The molecule has 1 aliphatic rings. The number of rotatable bonds is 7. The van der Waals surface area contributed by atoms with Crippen molar-refractivity contribution in [2.75, 3.05) is 18.2 Å². The first kappa shape index (κ1) is 25.2. The molecule has 0 saturated carbocycles. The van der Waals surface area contributed by atoms with Gasteiger partial charge in [0.15, 0.2) is 0 Å². The summed E-state index contributed by atoms with van der Waals surface area (Å²) in [5.74, 6) is 0.384. The van der Waals surface area contributed by atoms with Crippen molar-refractivity contribution in [3.63, 3.8) is 0 Å². The molecule has 1 unspecified atom stereocenters. The summed E-state index contributed by atoms with van der Waals surface area (Å²) in [6.45, 7) is 2.20. The molecule has 1 atom stereocenters. The number of nitrogens with one attached hydrogen (secondary N) is 1. The van der Waals surface area contributed by atoms with Crippen LogP contribution in [0.2, 0.25) is 5.02 Å². The van der Waals surface area contributed by atoms with Gasteiger partial charge in [-0.05, 0) is 55.0 Å². The number of pyridine rings is 1. The van der Waals surface area contributed by atoms with Crippen molar-refractivity contribution in [1.29, 1.82) is 5.26 Å². The van der Waals surface area contributed by atoms with Crippen LogP contribution < -0.4 is 5.32 Å². The van der Waals surface area contributed by atoms with Crippen LogP contribution in [0, 0.1) is 17.2 Å². The summed E-state index contributed by atoms with van der Waals surface area (Å²) < 4.78 is 4.99. The Kier molecular flexibility index (Phi) is 8.11. The second-order valence-corrected chi connectivity index (χ2v) is 11.0. The van der Waals surface area contributed by atoms with Crippen LogP contribution in [0.3, 0.4) is 0 Å². The quantitative estimate of drug-likeness (QED) is 0.285. The van der Waals surface area contributed by atoms with E-state index in [1.165, 1.54) is 30.2 Å². The number of hydrogen-bond donors (Lipinski definition) is 1. The number of fused-ring (bicyclic) bond motifs is 1. The van der Waals surface area contributed by atoms with Gasteiger partial charge in [-0.2, -0.15) is 5.26 Å². The largest absolute Gasteiger partial charge is 0.465 e. The fraction of sp³-hybridized carbons (Fsp3) is 0.308. The Labute approximate surface area is 217 Å². The SMILES string of the molecule is COC(=O)c1c(NC(=O)CCSc2nc(-c3ccc(Cl)cc3)ccc2C#N)sc2c1CCC(C)C2. The zero-order chi connectivity index (χ0) is 24.9. The van der Waals surface area contributed by atoms with Crippen LogP contribution >= 0.6 is 34.7 Å². The van der Waals surface area contributed by atoms with Crippen LogP contribution in [0.15, 0.2) is 41.4 Å². The van der Waals surface area contributed by atoms with Crippen molar-refractivity contribution >= 4 is 51.6 Å². The van der Waals surface area contributed by atoms with Crippen molar-refractivity contribution < 1.29 is 14.3 Å². The van der Waals surface area contributed by atoms with Crippen molar-refractivity contribution in [2.24, 2.45) is 5.92 Å². The predicted molar refractivity (Wildman–Crippen MR) is 140 cm³/mol. The number of halogens is 1. The Morgan fingerprint density at radius 3 is 2.77 bits per heavy atom. The van der Waals surface area contributed by atoms with Gasteiger partial charge in [0, 0.05) is 27.6 Å². The smallest absolute Gasteiger partial charge is 0.341 e. The molecule has 1 N–H and O–H groups in total. The minimum Gasteiger partial charge on any atom is -0.465 e. The fourth-order valence-corrected chi connectivity index (χ4v) is 6.46. The first-order valence-corrected chi connectivity index (χ1v) is 13.4. The molecule has 4 rings (SSSR count). The van der Waals surface area contributed by atoms with Gasteiger partial charge in [-0.25, -0.2) is 9.78 Å². The summed E-state index contributed by atoms with van der Waals surface area (Å²) in [6.07, 6.45) is 2.95. The van der Waals surface area contributed by atoms with Crippen molar-refractivity contribution in [3.05, 3.63) is 63.0 Å². The van der Waals surface area contributed by atoms with E-state index in [2.05, 4.69) is 23.3 Å². The number of esters is 1. The maximum absolute atomic E-state index is 12.7. The normalized spacial score (nSPS) is 14.6. The first-order chi connectivity index (χ1) is 16.9. The molecule has 1 aliphatic carbocycles. The number of methoxy groups -OCH3 is 1. The maximum atomic E-state index is 12.7. The molecule has 2 aromatic heterocycles. The molecule has 6 nitrogen and oxygen atoms in total. The third-order valence-corrected chi connectivity index (χ3v) is 8.26. The summed E-state index contributed by atoms with van der Waals surface area (Å²) in [5.41, 5.74) is 3.58. The van der Waals surface area contributed by atoms with E-state index in [4.69, 9.17) is 16.3 Å². The van der Waals surface area contributed by atoms with Crippen molar-refractivity contribution in [2.45, 2.75) is 37.6 Å². The number of hydrogen-bond acceptors (Lipinski definition) is 7. The molecule has 0 fully saturated rings. The lowest BCUT2D eigenvalue weighted by Gasteiger charge is -2.18. The van der Waals surface area contributed by atoms with Crippen molar-refractivity contribution in [3.8, 4) is 17.3 Å². The van der Waals surface area contributed by atoms with E-state index in [1.54, 1.807) is 24.3 Å². The van der Waals surface area contributed by atoms with Gasteiger partial charge in [0.1, 0.15) is 16.1 Å². The molecule has 0 spiro atoms.